The Morgan fingerprint density at radius 2 is 2.00 bits per heavy atom. The number of ether oxygens (including phenoxy) is 1. The molecule has 2 heterocycles. The van der Waals surface area contributed by atoms with Gasteiger partial charge in [-0.2, -0.15) is 0 Å². The molecule has 19 heavy (non-hydrogen) atoms. The molecule has 1 spiro atoms. The number of methoxy groups -OCH3 is 1. The number of rotatable bonds is 2. The molecule has 3 fully saturated rings. The Hall–Kier alpha value is -0.680. The van der Waals surface area contributed by atoms with Crippen molar-refractivity contribution in [2.45, 2.75) is 43.8 Å². The number of likely N-dealkylation sites (tertiary alicyclic amines) is 1. The summed E-state index contributed by atoms with van der Waals surface area (Å²) in [5, 5.41) is 3.43. The Kier molecular flexibility index (Phi) is 3.29. The van der Waals surface area contributed by atoms with E-state index in [4.69, 9.17) is 0 Å². The Morgan fingerprint density at radius 3 is 2.53 bits per heavy atom. The van der Waals surface area contributed by atoms with E-state index in [1.54, 1.807) is 0 Å². The van der Waals surface area contributed by atoms with Crippen LogP contribution in [0.1, 0.15) is 32.1 Å². The van der Waals surface area contributed by atoms with Crippen LogP contribution in [0.4, 0.5) is 4.39 Å². The Balaban J connectivity index is 1.50. The van der Waals surface area contributed by atoms with Gasteiger partial charge in [0.05, 0.1) is 7.11 Å². The normalized spacial score (nSPS) is 38.1. The second kappa shape index (κ2) is 4.70. The summed E-state index contributed by atoms with van der Waals surface area (Å²) in [6.07, 6.45) is 4.31. The monoisotopic (exact) mass is 270 g/mol. The van der Waals surface area contributed by atoms with Crippen LogP contribution in [0.15, 0.2) is 0 Å². The van der Waals surface area contributed by atoms with Crippen LogP contribution < -0.4 is 5.32 Å². The van der Waals surface area contributed by atoms with E-state index < -0.39 is 11.6 Å². The highest BCUT2D eigenvalue weighted by molar-refractivity contribution is 5.79. The minimum absolute atomic E-state index is 0.279. The largest absolute Gasteiger partial charge is 0.467 e. The van der Waals surface area contributed by atoms with E-state index in [0.717, 1.165) is 13.1 Å². The van der Waals surface area contributed by atoms with Crippen molar-refractivity contribution in [3.05, 3.63) is 0 Å². The van der Waals surface area contributed by atoms with E-state index >= 15 is 0 Å². The molecule has 0 bridgehead atoms. The maximum Gasteiger partial charge on any atom is 0.343 e. The first kappa shape index (κ1) is 13.3. The lowest BCUT2D eigenvalue weighted by molar-refractivity contribution is -0.159. The molecule has 4 nitrogen and oxygen atoms in total. The fourth-order valence-corrected chi connectivity index (χ4v) is 3.97. The van der Waals surface area contributed by atoms with Gasteiger partial charge in [0.25, 0.3) is 0 Å². The maximum absolute atomic E-state index is 14.3. The zero-order valence-electron chi connectivity index (χ0n) is 11.6. The molecule has 1 aliphatic carbocycles. The van der Waals surface area contributed by atoms with Gasteiger partial charge in [0.1, 0.15) is 0 Å². The highest BCUT2D eigenvalue weighted by Gasteiger charge is 2.50. The first-order valence-electron chi connectivity index (χ1n) is 7.29. The van der Waals surface area contributed by atoms with Gasteiger partial charge in [0.15, 0.2) is 0 Å². The number of hydrogen-bond acceptors (Lipinski definition) is 4. The van der Waals surface area contributed by atoms with Gasteiger partial charge in [-0.05, 0) is 31.2 Å². The summed E-state index contributed by atoms with van der Waals surface area (Å²) in [5.74, 6) is -0.697. The summed E-state index contributed by atoms with van der Waals surface area (Å²) in [4.78, 5) is 13.8. The summed E-state index contributed by atoms with van der Waals surface area (Å²) in [6.45, 7) is 3.65. The summed E-state index contributed by atoms with van der Waals surface area (Å²) >= 11 is 0. The summed E-state index contributed by atoms with van der Waals surface area (Å²) in [5.41, 5.74) is -1.22. The topological polar surface area (TPSA) is 41.6 Å². The van der Waals surface area contributed by atoms with Gasteiger partial charge in [-0.25, -0.2) is 9.18 Å². The Morgan fingerprint density at radius 1 is 1.32 bits per heavy atom. The quantitative estimate of drug-likeness (QED) is 0.763. The fraction of sp³-hybridized carbons (Fsp3) is 0.929. The zero-order chi connectivity index (χ0) is 13.5. The zero-order valence-corrected chi connectivity index (χ0v) is 11.6. The predicted molar refractivity (Wildman–Crippen MR) is 69.6 cm³/mol. The van der Waals surface area contributed by atoms with Gasteiger partial charge in [-0.1, -0.05) is 0 Å². The van der Waals surface area contributed by atoms with Crippen LogP contribution in [-0.4, -0.2) is 55.9 Å². The average Bonchev–Trinajstić information content (AvgIpc) is 2.87. The lowest BCUT2D eigenvalue weighted by atomic mass is 9.64. The molecule has 0 radical (unpaired) electrons. The van der Waals surface area contributed by atoms with Crippen LogP contribution in [0.25, 0.3) is 0 Å². The molecule has 108 valence electrons. The second-order valence-electron chi connectivity index (χ2n) is 6.48. The maximum atomic E-state index is 14.3. The smallest absolute Gasteiger partial charge is 0.343 e. The van der Waals surface area contributed by atoms with Crippen LogP contribution in [0.3, 0.4) is 0 Å². The number of nitrogens with one attached hydrogen (secondary N) is 1. The van der Waals surface area contributed by atoms with E-state index in [-0.39, 0.29) is 12.8 Å². The number of nitrogens with zero attached hydrogens (tertiary/aromatic N) is 1. The van der Waals surface area contributed by atoms with Gasteiger partial charge in [0, 0.05) is 38.5 Å². The molecular formula is C14H23FN2O2. The molecule has 1 saturated carbocycles. The Bertz CT molecular complexity index is 352. The predicted octanol–water partition coefficient (Wildman–Crippen LogP) is 1.11. The molecule has 2 aliphatic heterocycles. The molecule has 3 rings (SSSR count). The number of piperidine rings is 1. The van der Waals surface area contributed by atoms with Crippen LogP contribution in [0.2, 0.25) is 0 Å². The molecule has 0 aromatic carbocycles. The highest BCUT2D eigenvalue weighted by atomic mass is 19.1. The standard InChI is InChI=1S/C14H23FN2O2/c1-19-12(18)14(15)3-6-17(7-4-14)11-8-13(9-11)2-5-16-10-13/h11,16H,2-10H2,1H3. The molecule has 0 aromatic heterocycles. The molecule has 0 unspecified atom stereocenters. The molecule has 0 amide bonds. The lowest BCUT2D eigenvalue weighted by Gasteiger charge is -2.51. The third-order valence-electron chi connectivity index (χ3n) is 5.33. The van der Waals surface area contributed by atoms with Gasteiger partial charge in [-0.15, -0.1) is 0 Å². The first-order chi connectivity index (χ1) is 9.07. The minimum atomic E-state index is -1.75. The van der Waals surface area contributed by atoms with Crippen molar-refractivity contribution < 1.29 is 13.9 Å². The van der Waals surface area contributed by atoms with Gasteiger partial charge in [0.2, 0.25) is 5.67 Å². The summed E-state index contributed by atoms with van der Waals surface area (Å²) in [7, 11) is 1.26. The van der Waals surface area contributed by atoms with Gasteiger partial charge >= 0.3 is 5.97 Å². The number of esters is 1. The number of carbonyl (C=O) groups is 1. The van der Waals surface area contributed by atoms with Crippen molar-refractivity contribution >= 4 is 5.97 Å². The van der Waals surface area contributed by atoms with Gasteiger partial charge in [-0.3, -0.25) is 0 Å². The van der Waals surface area contributed by atoms with Crippen molar-refractivity contribution in [2.75, 3.05) is 33.3 Å². The third kappa shape index (κ3) is 2.27. The van der Waals surface area contributed by atoms with Crippen LogP contribution >= 0.6 is 0 Å². The van der Waals surface area contributed by atoms with E-state index in [2.05, 4.69) is 15.0 Å². The van der Waals surface area contributed by atoms with Crippen molar-refractivity contribution in [1.82, 2.24) is 10.2 Å². The molecular weight excluding hydrogens is 247 g/mol. The van der Waals surface area contributed by atoms with Crippen LogP contribution in [-0.2, 0) is 9.53 Å². The molecule has 0 atom stereocenters. The van der Waals surface area contributed by atoms with Crippen LogP contribution in [0.5, 0.6) is 0 Å². The van der Waals surface area contributed by atoms with E-state index in [1.165, 1.54) is 26.4 Å². The van der Waals surface area contributed by atoms with E-state index in [0.29, 0.717) is 24.5 Å². The van der Waals surface area contributed by atoms with Gasteiger partial charge < -0.3 is 15.0 Å². The number of alkyl halides is 1. The van der Waals surface area contributed by atoms with Crippen molar-refractivity contribution in [1.29, 1.82) is 0 Å². The Labute approximate surface area is 113 Å². The van der Waals surface area contributed by atoms with E-state index in [1.807, 2.05) is 0 Å². The SMILES string of the molecule is COC(=O)C1(F)CCN(C2CC3(CCNC3)C2)CC1. The third-order valence-corrected chi connectivity index (χ3v) is 5.33. The molecule has 0 aromatic rings. The molecule has 2 saturated heterocycles. The first-order valence-corrected chi connectivity index (χ1v) is 7.29. The van der Waals surface area contributed by atoms with Crippen molar-refractivity contribution in [3.63, 3.8) is 0 Å². The van der Waals surface area contributed by atoms with Crippen LogP contribution in [0, 0.1) is 5.41 Å². The highest BCUT2D eigenvalue weighted by Crippen LogP contribution is 2.48. The number of carbonyl (C=O) groups excluding carboxylic acids is 1. The summed E-state index contributed by atoms with van der Waals surface area (Å²) < 4.78 is 18.9. The molecule has 3 aliphatic rings. The number of hydrogen-bond donors (Lipinski definition) is 1. The average molecular weight is 270 g/mol. The lowest BCUT2D eigenvalue weighted by Crippen LogP contribution is -2.56. The second-order valence-corrected chi connectivity index (χ2v) is 6.48. The minimum Gasteiger partial charge on any atom is -0.467 e. The number of halogens is 1. The fourth-order valence-electron chi connectivity index (χ4n) is 3.97. The molecule has 1 N–H and O–H groups in total. The van der Waals surface area contributed by atoms with Crippen molar-refractivity contribution in [2.24, 2.45) is 5.41 Å². The molecule has 5 heteroatoms. The summed E-state index contributed by atoms with van der Waals surface area (Å²) in [6, 6.07) is 0.599. The van der Waals surface area contributed by atoms with E-state index in [9.17, 15) is 9.18 Å². The van der Waals surface area contributed by atoms with Crippen molar-refractivity contribution in [3.8, 4) is 0 Å².